The highest BCUT2D eigenvalue weighted by molar-refractivity contribution is 5.82. The van der Waals surface area contributed by atoms with Gasteiger partial charge in [0, 0.05) is 22.3 Å². The first-order valence-electron chi connectivity index (χ1n) is 18.3. The van der Waals surface area contributed by atoms with Gasteiger partial charge in [0.25, 0.3) is 0 Å². The first kappa shape index (κ1) is 35.0. The largest absolute Gasteiger partial charge is 0.493 e. The lowest BCUT2D eigenvalue weighted by Crippen LogP contribution is -2.03. The van der Waals surface area contributed by atoms with Crippen LogP contribution in [0.15, 0.2) is 59.7 Å². The molecule has 0 saturated heterocycles. The number of unbranched alkanes of at least 4 members (excludes halogenated alkanes) is 13. The quantitative estimate of drug-likeness (QED) is 0.0920. The standard InChI is InChI=1S/C41H62N2/c1-5-9-13-14-15-16-17-18-19-20-21-31-39-38(30-12-8-4)40(36-28-22-26-34(32-36)24-10-6-2)43(42)41(39)37-29-23-27-35(33-37)25-11-7-3/h22-23,26-29,32-33H,5-21,24-25,30-31H2,1-4H3. The average Bonchev–Trinajstić information content (AvgIpc) is 3.31. The lowest BCUT2D eigenvalue weighted by molar-refractivity contribution is -0.345. The fraction of sp³-hybridized carbons (Fsp3) is 0.610. The van der Waals surface area contributed by atoms with Crippen molar-refractivity contribution in [3.8, 4) is 0 Å². The van der Waals surface area contributed by atoms with E-state index in [0.29, 0.717) is 0 Å². The maximum atomic E-state index is 12.0. The minimum atomic E-state index is 1.02. The molecule has 43 heavy (non-hydrogen) atoms. The summed E-state index contributed by atoms with van der Waals surface area (Å²) in [5, 5.41) is 0. The van der Waals surface area contributed by atoms with Gasteiger partial charge in [0.15, 0.2) is 0 Å². The fourth-order valence-corrected chi connectivity index (χ4v) is 6.61. The van der Waals surface area contributed by atoms with Crippen molar-refractivity contribution in [3.63, 3.8) is 0 Å². The van der Waals surface area contributed by atoms with Crippen molar-refractivity contribution in [3.05, 3.63) is 87.5 Å². The average molecular weight is 583 g/mol. The van der Waals surface area contributed by atoms with Gasteiger partial charge in [0.2, 0.25) is 11.4 Å². The maximum Gasteiger partial charge on any atom is 0.211 e. The molecule has 0 radical (unpaired) electrons. The van der Waals surface area contributed by atoms with Gasteiger partial charge in [-0.3, -0.25) is 0 Å². The molecule has 1 aliphatic heterocycles. The van der Waals surface area contributed by atoms with Gasteiger partial charge in [0.1, 0.15) is 0 Å². The van der Waals surface area contributed by atoms with E-state index in [4.69, 9.17) is 0 Å². The highest BCUT2D eigenvalue weighted by Crippen LogP contribution is 2.44. The highest BCUT2D eigenvalue weighted by atomic mass is 15.2. The van der Waals surface area contributed by atoms with Crippen LogP contribution in [0.3, 0.4) is 0 Å². The zero-order chi connectivity index (χ0) is 30.7. The lowest BCUT2D eigenvalue weighted by Gasteiger charge is -2.11. The molecule has 2 aromatic carbocycles. The van der Waals surface area contributed by atoms with E-state index >= 15 is 0 Å². The summed E-state index contributed by atoms with van der Waals surface area (Å²) < 4.78 is 1.58. The number of hydrogen-bond acceptors (Lipinski definition) is 0. The molecule has 3 rings (SSSR count). The molecule has 0 unspecified atom stereocenters. The van der Waals surface area contributed by atoms with Crippen molar-refractivity contribution in [1.29, 1.82) is 0 Å². The van der Waals surface area contributed by atoms with Crippen LogP contribution < -0.4 is 0 Å². The Hall–Kier alpha value is -2.48. The van der Waals surface area contributed by atoms with E-state index in [1.807, 2.05) is 0 Å². The Morgan fingerprint density at radius 3 is 1.26 bits per heavy atom. The van der Waals surface area contributed by atoms with Crippen molar-refractivity contribution in [2.24, 2.45) is 0 Å². The zero-order valence-electron chi connectivity index (χ0n) is 28.4. The molecule has 0 fully saturated rings. The van der Waals surface area contributed by atoms with E-state index in [-0.39, 0.29) is 0 Å². The Morgan fingerprint density at radius 2 is 0.814 bits per heavy atom. The van der Waals surface area contributed by atoms with Crippen LogP contribution in [0, 0.1) is 0 Å². The van der Waals surface area contributed by atoms with Crippen LogP contribution in [0.25, 0.3) is 16.9 Å². The first-order valence-corrected chi connectivity index (χ1v) is 18.3. The fourth-order valence-electron chi connectivity index (χ4n) is 6.61. The topological polar surface area (TPSA) is 25.3 Å². The maximum absolute atomic E-state index is 12.0. The Balaban J connectivity index is 1.84. The van der Waals surface area contributed by atoms with Crippen molar-refractivity contribution < 1.29 is 4.70 Å². The minimum Gasteiger partial charge on any atom is -0.493 e. The van der Waals surface area contributed by atoms with E-state index in [1.54, 1.807) is 4.70 Å². The van der Waals surface area contributed by atoms with E-state index in [1.165, 1.54) is 124 Å². The summed E-state index contributed by atoms with van der Waals surface area (Å²) in [6.07, 6.45) is 26.3. The van der Waals surface area contributed by atoms with E-state index in [2.05, 4.69) is 76.2 Å². The van der Waals surface area contributed by atoms with Crippen LogP contribution in [-0.4, -0.2) is 4.70 Å². The molecule has 0 aromatic heterocycles. The van der Waals surface area contributed by atoms with E-state index < -0.39 is 0 Å². The third kappa shape index (κ3) is 11.2. The van der Waals surface area contributed by atoms with Crippen LogP contribution in [0.1, 0.15) is 172 Å². The van der Waals surface area contributed by atoms with Gasteiger partial charge in [-0.15, -0.1) is 0 Å². The SMILES string of the molecule is CCCCCCCCCCCCCC1=C(c2cccc(CCCC)c2)[N+](=[N-])C(c2cccc(CCCC)c2)=C1CCCC. The molecule has 0 saturated carbocycles. The van der Waals surface area contributed by atoms with Gasteiger partial charge >= 0.3 is 0 Å². The van der Waals surface area contributed by atoms with Gasteiger partial charge in [-0.25, -0.2) is 4.70 Å². The van der Waals surface area contributed by atoms with Gasteiger partial charge in [-0.2, -0.15) is 0 Å². The van der Waals surface area contributed by atoms with Crippen molar-refractivity contribution >= 4 is 11.4 Å². The smallest absolute Gasteiger partial charge is 0.211 e. The summed E-state index contributed by atoms with van der Waals surface area (Å²) in [5.41, 5.74) is 21.9. The van der Waals surface area contributed by atoms with Gasteiger partial charge in [-0.05, 0) is 86.8 Å². The number of nitrogens with zero attached hydrogens (tertiary/aromatic N) is 2. The second-order valence-corrected chi connectivity index (χ2v) is 13.0. The number of benzene rings is 2. The Bertz CT molecular complexity index is 1170. The van der Waals surface area contributed by atoms with Crippen LogP contribution in [-0.2, 0) is 12.8 Å². The van der Waals surface area contributed by atoms with E-state index in [9.17, 15) is 5.53 Å². The molecule has 2 nitrogen and oxygen atoms in total. The molecule has 2 heteroatoms. The van der Waals surface area contributed by atoms with Gasteiger partial charge in [0.05, 0.1) is 0 Å². The van der Waals surface area contributed by atoms with Crippen molar-refractivity contribution in [1.82, 2.24) is 0 Å². The van der Waals surface area contributed by atoms with E-state index in [0.717, 1.165) is 55.5 Å². The molecule has 1 heterocycles. The van der Waals surface area contributed by atoms with Gasteiger partial charge in [-0.1, -0.05) is 135 Å². The molecule has 1 aliphatic rings. The molecule has 0 aliphatic carbocycles. The molecule has 236 valence electrons. The third-order valence-electron chi connectivity index (χ3n) is 9.21. The van der Waals surface area contributed by atoms with Crippen molar-refractivity contribution in [2.45, 2.75) is 163 Å². The summed E-state index contributed by atoms with van der Waals surface area (Å²) in [6.45, 7) is 9.09. The number of rotatable bonds is 23. The lowest BCUT2D eigenvalue weighted by atomic mass is 9.91. The first-order chi connectivity index (χ1) is 21.1. The summed E-state index contributed by atoms with van der Waals surface area (Å²) >= 11 is 0. The summed E-state index contributed by atoms with van der Waals surface area (Å²) in [4.78, 5) is 0. The Kier molecular flexibility index (Phi) is 16.7. The number of hydrogen-bond donors (Lipinski definition) is 0. The molecule has 0 bridgehead atoms. The second-order valence-electron chi connectivity index (χ2n) is 13.0. The van der Waals surface area contributed by atoms with Crippen molar-refractivity contribution in [2.75, 3.05) is 0 Å². The summed E-state index contributed by atoms with van der Waals surface area (Å²) in [7, 11) is 0. The second kappa shape index (κ2) is 20.5. The third-order valence-corrected chi connectivity index (χ3v) is 9.21. The molecule has 0 amide bonds. The van der Waals surface area contributed by atoms with Gasteiger partial charge < -0.3 is 5.53 Å². The predicted octanol–water partition coefficient (Wildman–Crippen LogP) is 13.4. The monoisotopic (exact) mass is 582 g/mol. The predicted molar refractivity (Wildman–Crippen MR) is 188 cm³/mol. The minimum absolute atomic E-state index is 1.02. The normalized spacial score (nSPS) is 13.5. The number of allylic oxidation sites excluding steroid dienone is 2. The van der Waals surface area contributed by atoms with Crippen LogP contribution in [0.2, 0.25) is 0 Å². The summed E-state index contributed by atoms with van der Waals surface area (Å²) in [5.74, 6) is 0. The Labute approximate surface area is 265 Å². The van der Waals surface area contributed by atoms with Crippen LogP contribution in [0.4, 0.5) is 0 Å². The Morgan fingerprint density at radius 1 is 0.442 bits per heavy atom. The molecule has 0 N–H and O–H groups in total. The van der Waals surface area contributed by atoms with Crippen LogP contribution in [0.5, 0.6) is 0 Å². The zero-order valence-corrected chi connectivity index (χ0v) is 28.4. The molecule has 0 atom stereocenters. The van der Waals surface area contributed by atoms with Crippen LogP contribution >= 0.6 is 0 Å². The molecule has 2 aromatic rings. The molecular formula is C41H62N2. The molecular weight excluding hydrogens is 520 g/mol. The highest BCUT2D eigenvalue weighted by Gasteiger charge is 2.35. The number of aryl methyl sites for hydroxylation is 2. The molecule has 0 spiro atoms. The summed E-state index contributed by atoms with van der Waals surface area (Å²) in [6, 6.07) is 18.0.